The summed E-state index contributed by atoms with van der Waals surface area (Å²) < 4.78 is 6.18. The van der Waals surface area contributed by atoms with E-state index in [2.05, 4.69) is 20.8 Å². The van der Waals surface area contributed by atoms with Gasteiger partial charge < -0.3 is 4.74 Å². The fraction of sp³-hybridized carbons (Fsp3) is 0.941. The third-order valence-electron chi connectivity index (χ3n) is 5.41. The molecule has 0 aromatic rings. The van der Waals surface area contributed by atoms with Crippen molar-refractivity contribution in [3.63, 3.8) is 0 Å². The van der Waals surface area contributed by atoms with Crippen LogP contribution in [0.3, 0.4) is 0 Å². The molecule has 0 aromatic carbocycles. The molecule has 2 bridgehead atoms. The van der Waals surface area contributed by atoms with Crippen LogP contribution >= 0.6 is 0 Å². The molecule has 19 heavy (non-hydrogen) atoms. The number of esters is 1. The van der Waals surface area contributed by atoms with E-state index in [0.717, 1.165) is 5.92 Å². The number of rotatable bonds is 3. The van der Waals surface area contributed by atoms with Gasteiger partial charge in [0.05, 0.1) is 5.92 Å². The van der Waals surface area contributed by atoms with Gasteiger partial charge in [0.1, 0.15) is 5.60 Å². The van der Waals surface area contributed by atoms with E-state index in [9.17, 15) is 4.79 Å². The molecule has 2 nitrogen and oxygen atoms in total. The summed E-state index contributed by atoms with van der Waals surface area (Å²) >= 11 is 0. The molecular weight excluding hydrogens is 236 g/mol. The van der Waals surface area contributed by atoms with Gasteiger partial charge in [-0.15, -0.1) is 0 Å². The third kappa shape index (κ3) is 2.55. The van der Waals surface area contributed by atoms with E-state index in [4.69, 9.17) is 4.74 Å². The largest absolute Gasteiger partial charge is 0.458 e. The number of fused-ring (bicyclic) bond motifs is 2. The Morgan fingerprint density at radius 3 is 2.05 bits per heavy atom. The monoisotopic (exact) mass is 266 g/mol. The van der Waals surface area contributed by atoms with E-state index in [1.54, 1.807) is 0 Å². The second-order valence-electron chi connectivity index (χ2n) is 7.49. The Labute approximate surface area is 118 Å². The predicted molar refractivity (Wildman–Crippen MR) is 77.7 cm³/mol. The van der Waals surface area contributed by atoms with Crippen LogP contribution in [-0.2, 0) is 9.53 Å². The normalized spacial score (nSPS) is 38.6. The topological polar surface area (TPSA) is 26.3 Å². The molecule has 0 aromatic heterocycles. The SMILES string of the molecule is CC1CC2CCCC(C1)C2(OC(=O)C(C)C)C(C)C. The number of ether oxygens (including phenoxy) is 1. The number of carbonyl (C=O) groups is 1. The summed E-state index contributed by atoms with van der Waals surface area (Å²) in [7, 11) is 0. The van der Waals surface area contributed by atoms with E-state index in [1.165, 1.54) is 32.1 Å². The standard InChI is InChI=1S/C17H30O2/c1-11(2)16(18)19-17(12(3)4)14-7-6-8-15(17)10-13(5)9-14/h11-15H,6-10H2,1-5H3. The maximum atomic E-state index is 12.2. The minimum Gasteiger partial charge on any atom is -0.458 e. The zero-order chi connectivity index (χ0) is 14.2. The molecule has 0 saturated heterocycles. The van der Waals surface area contributed by atoms with Crippen molar-refractivity contribution in [1.29, 1.82) is 0 Å². The average Bonchev–Trinajstić information content (AvgIpc) is 2.29. The van der Waals surface area contributed by atoms with Gasteiger partial charge in [0.25, 0.3) is 0 Å². The minimum absolute atomic E-state index is 0.000142. The molecule has 0 radical (unpaired) electrons. The summed E-state index contributed by atoms with van der Waals surface area (Å²) in [5.74, 6) is 2.36. The van der Waals surface area contributed by atoms with Gasteiger partial charge in [-0.1, -0.05) is 41.0 Å². The van der Waals surface area contributed by atoms with Crippen molar-refractivity contribution in [3.05, 3.63) is 0 Å². The van der Waals surface area contributed by atoms with E-state index < -0.39 is 0 Å². The molecule has 110 valence electrons. The van der Waals surface area contributed by atoms with Crippen molar-refractivity contribution in [2.45, 2.75) is 72.3 Å². The lowest BCUT2D eigenvalue weighted by Gasteiger charge is -2.56. The quantitative estimate of drug-likeness (QED) is 0.706. The Morgan fingerprint density at radius 1 is 1.11 bits per heavy atom. The van der Waals surface area contributed by atoms with Crippen LogP contribution in [0.5, 0.6) is 0 Å². The number of hydrogen-bond acceptors (Lipinski definition) is 2. The molecule has 0 amide bonds. The number of carbonyl (C=O) groups excluding carboxylic acids is 1. The first-order chi connectivity index (χ1) is 8.87. The van der Waals surface area contributed by atoms with Crippen molar-refractivity contribution in [3.8, 4) is 0 Å². The molecule has 2 atom stereocenters. The Kier molecular flexibility index (Phi) is 4.27. The predicted octanol–water partition coefficient (Wildman–Crippen LogP) is 4.43. The number of hydrogen-bond donors (Lipinski definition) is 0. The Balaban J connectivity index is 2.30. The summed E-state index contributed by atoms with van der Waals surface area (Å²) in [5.41, 5.74) is -0.174. The van der Waals surface area contributed by atoms with E-state index in [0.29, 0.717) is 17.8 Å². The fourth-order valence-electron chi connectivity index (χ4n) is 4.59. The van der Waals surface area contributed by atoms with Gasteiger partial charge in [-0.25, -0.2) is 0 Å². The van der Waals surface area contributed by atoms with Crippen LogP contribution in [0.15, 0.2) is 0 Å². The summed E-state index contributed by atoms with van der Waals surface area (Å²) in [6, 6.07) is 0. The van der Waals surface area contributed by atoms with Crippen LogP contribution < -0.4 is 0 Å². The first kappa shape index (κ1) is 14.9. The molecule has 0 N–H and O–H groups in total. The van der Waals surface area contributed by atoms with Gasteiger partial charge in [0.2, 0.25) is 0 Å². The van der Waals surface area contributed by atoms with Crippen LogP contribution in [-0.4, -0.2) is 11.6 Å². The average molecular weight is 266 g/mol. The van der Waals surface area contributed by atoms with Gasteiger partial charge in [0.15, 0.2) is 0 Å². The van der Waals surface area contributed by atoms with Crippen LogP contribution in [0.25, 0.3) is 0 Å². The van der Waals surface area contributed by atoms with Crippen LogP contribution in [0.4, 0.5) is 0 Å². The van der Waals surface area contributed by atoms with Gasteiger partial charge in [-0.05, 0) is 49.4 Å². The van der Waals surface area contributed by atoms with Crippen molar-refractivity contribution in [1.82, 2.24) is 0 Å². The molecular formula is C17H30O2. The molecule has 2 saturated carbocycles. The van der Waals surface area contributed by atoms with Gasteiger partial charge in [-0.2, -0.15) is 0 Å². The minimum atomic E-state index is -0.174. The van der Waals surface area contributed by atoms with Crippen molar-refractivity contribution in [2.24, 2.45) is 29.6 Å². The zero-order valence-electron chi connectivity index (χ0n) is 13.2. The van der Waals surface area contributed by atoms with Gasteiger partial charge in [0, 0.05) is 0 Å². The highest BCUT2D eigenvalue weighted by Crippen LogP contribution is 2.54. The van der Waals surface area contributed by atoms with Gasteiger partial charge >= 0.3 is 5.97 Å². The van der Waals surface area contributed by atoms with Crippen LogP contribution in [0.2, 0.25) is 0 Å². The second-order valence-corrected chi connectivity index (χ2v) is 7.49. The second kappa shape index (κ2) is 5.46. The van der Waals surface area contributed by atoms with Gasteiger partial charge in [-0.3, -0.25) is 4.79 Å². The zero-order valence-corrected chi connectivity index (χ0v) is 13.2. The lowest BCUT2D eigenvalue weighted by atomic mass is 9.55. The third-order valence-corrected chi connectivity index (χ3v) is 5.41. The molecule has 2 heteroatoms. The molecule has 2 aliphatic rings. The first-order valence-corrected chi connectivity index (χ1v) is 8.10. The van der Waals surface area contributed by atoms with E-state index >= 15 is 0 Å². The van der Waals surface area contributed by atoms with Crippen molar-refractivity contribution in [2.75, 3.05) is 0 Å². The maximum absolute atomic E-state index is 12.2. The van der Waals surface area contributed by atoms with Crippen LogP contribution in [0.1, 0.15) is 66.7 Å². The Bertz CT molecular complexity index is 318. The molecule has 2 unspecified atom stereocenters. The highest BCUT2D eigenvalue weighted by molar-refractivity contribution is 5.72. The van der Waals surface area contributed by atoms with Crippen molar-refractivity contribution >= 4 is 5.97 Å². The lowest BCUT2D eigenvalue weighted by molar-refractivity contribution is -0.209. The molecule has 0 spiro atoms. The molecule has 0 aliphatic heterocycles. The highest BCUT2D eigenvalue weighted by Gasteiger charge is 2.55. The smallest absolute Gasteiger partial charge is 0.308 e. The lowest BCUT2D eigenvalue weighted by Crippen LogP contribution is -2.58. The molecule has 0 heterocycles. The van der Waals surface area contributed by atoms with Crippen molar-refractivity contribution < 1.29 is 9.53 Å². The Morgan fingerprint density at radius 2 is 1.63 bits per heavy atom. The highest BCUT2D eigenvalue weighted by atomic mass is 16.6. The molecule has 2 rings (SSSR count). The van der Waals surface area contributed by atoms with E-state index in [-0.39, 0.29) is 17.5 Å². The summed E-state index contributed by atoms with van der Waals surface area (Å²) in [5, 5.41) is 0. The summed E-state index contributed by atoms with van der Waals surface area (Å²) in [6.07, 6.45) is 6.27. The Hall–Kier alpha value is -0.530. The summed E-state index contributed by atoms with van der Waals surface area (Å²) in [6.45, 7) is 10.7. The fourth-order valence-corrected chi connectivity index (χ4v) is 4.59. The van der Waals surface area contributed by atoms with E-state index in [1.807, 2.05) is 13.8 Å². The van der Waals surface area contributed by atoms with Crippen LogP contribution in [0, 0.1) is 29.6 Å². The maximum Gasteiger partial charge on any atom is 0.308 e. The summed E-state index contributed by atoms with van der Waals surface area (Å²) in [4.78, 5) is 12.2. The first-order valence-electron chi connectivity index (χ1n) is 8.10. The molecule has 2 fully saturated rings. The molecule has 2 aliphatic carbocycles.